The van der Waals surface area contributed by atoms with Crippen LogP contribution in [0.5, 0.6) is 0 Å². The molecule has 1 saturated carbocycles. The molecule has 2 heterocycles. The van der Waals surface area contributed by atoms with Gasteiger partial charge in [0, 0.05) is 0 Å². The summed E-state index contributed by atoms with van der Waals surface area (Å²) in [7, 11) is 0. The standard InChI is InChI=1S/C16H19N3O/c1-2-6-12(7-3-1)16(9-5-10-16)15-18-14(20-19-15)13-8-4-11-17-13/h1-3,6-7,13,17H,4-5,8-11H2. The minimum atomic E-state index is -0.0123. The lowest BCUT2D eigenvalue weighted by Crippen LogP contribution is -2.36. The van der Waals surface area contributed by atoms with Gasteiger partial charge in [0.1, 0.15) is 0 Å². The Kier molecular flexibility index (Phi) is 2.84. The molecule has 20 heavy (non-hydrogen) atoms. The van der Waals surface area contributed by atoms with Crippen LogP contribution in [0.3, 0.4) is 0 Å². The maximum atomic E-state index is 5.53. The van der Waals surface area contributed by atoms with Crippen LogP contribution < -0.4 is 5.32 Å². The van der Waals surface area contributed by atoms with E-state index in [0.29, 0.717) is 0 Å². The van der Waals surface area contributed by atoms with Crippen LogP contribution in [-0.2, 0) is 5.41 Å². The van der Waals surface area contributed by atoms with Crippen LogP contribution in [0.2, 0.25) is 0 Å². The van der Waals surface area contributed by atoms with E-state index in [2.05, 4.69) is 40.8 Å². The summed E-state index contributed by atoms with van der Waals surface area (Å²) in [6, 6.07) is 10.9. The molecule has 1 saturated heterocycles. The second kappa shape index (κ2) is 4.70. The molecule has 0 amide bonds. The van der Waals surface area contributed by atoms with E-state index in [4.69, 9.17) is 9.51 Å². The van der Waals surface area contributed by atoms with Gasteiger partial charge in [-0.3, -0.25) is 0 Å². The fourth-order valence-corrected chi connectivity index (χ4v) is 3.40. The molecule has 104 valence electrons. The van der Waals surface area contributed by atoms with Gasteiger partial charge in [-0.25, -0.2) is 0 Å². The first-order chi connectivity index (χ1) is 9.88. The van der Waals surface area contributed by atoms with Gasteiger partial charge >= 0.3 is 0 Å². The van der Waals surface area contributed by atoms with E-state index in [1.807, 2.05) is 0 Å². The van der Waals surface area contributed by atoms with Gasteiger partial charge in [-0.15, -0.1) is 0 Å². The second-order valence-electron chi connectivity index (χ2n) is 5.91. The molecular formula is C16H19N3O. The van der Waals surface area contributed by atoms with Crippen molar-refractivity contribution in [3.63, 3.8) is 0 Å². The largest absolute Gasteiger partial charge is 0.338 e. The maximum Gasteiger partial charge on any atom is 0.243 e. The number of aromatic nitrogens is 2. The third-order valence-corrected chi connectivity index (χ3v) is 4.76. The smallest absolute Gasteiger partial charge is 0.243 e. The lowest BCUT2D eigenvalue weighted by molar-refractivity contribution is 0.269. The molecule has 1 aliphatic carbocycles. The molecular weight excluding hydrogens is 250 g/mol. The molecule has 1 N–H and O–H groups in total. The predicted octanol–water partition coefficient (Wildman–Crippen LogP) is 2.96. The summed E-state index contributed by atoms with van der Waals surface area (Å²) in [5.74, 6) is 1.64. The molecule has 4 rings (SSSR count). The quantitative estimate of drug-likeness (QED) is 0.930. The van der Waals surface area contributed by atoms with Gasteiger partial charge in [0.05, 0.1) is 11.5 Å². The van der Waals surface area contributed by atoms with E-state index in [0.717, 1.165) is 37.5 Å². The molecule has 4 heteroatoms. The van der Waals surface area contributed by atoms with Crippen molar-refractivity contribution in [2.24, 2.45) is 0 Å². The van der Waals surface area contributed by atoms with Crippen LogP contribution in [0.25, 0.3) is 0 Å². The van der Waals surface area contributed by atoms with E-state index < -0.39 is 0 Å². The Morgan fingerprint density at radius 3 is 2.65 bits per heavy atom. The molecule has 4 nitrogen and oxygen atoms in total. The Bertz CT molecular complexity index is 583. The van der Waals surface area contributed by atoms with Crippen molar-refractivity contribution >= 4 is 0 Å². The molecule has 0 radical (unpaired) electrons. The molecule has 1 aromatic carbocycles. The molecule has 2 fully saturated rings. The molecule has 0 spiro atoms. The third-order valence-electron chi connectivity index (χ3n) is 4.76. The van der Waals surface area contributed by atoms with Gasteiger partial charge in [0.25, 0.3) is 0 Å². The second-order valence-corrected chi connectivity index (χ2v) is 5.91. The predicted molar refractivity (Wildman–Crippen MR) is 75.3 cm³/mol. The zero-order valence-corrected chi connectivity index (χ0v) is 11.5. The average molecular weight is 269 g/mol. The van der Waals surface area contributed by atoms with Crippen molar-refractivity contribution in [1.82, 2.24) is 15.5 Å². The van der Waals surface area contributed by atoms with Crippen LogP contribution in [0.1, 0.15) is 55.4 Å². The molecule has 1 atom stereocenters. The Hall–Kier alpha value is -1.68. The highest BCUT2D eigenvalue weighted by atomic mass is 16.5. The normalized spacial score (nSPS) is 24.5. The summed E-state index contributed by atoms with van der Waals surface area (Å²) >= 11 is 0. The van der Waals surface area contributed by atoms with Crippen molar-refractivity contribution < 1.29 is 4.52 Å². The van der Waals surface area contributed by atoms with Crippen LogP contribution in [0.4, 0.5) is 0 Å². The van der Waals surface area contributed by atoms with Crippen LogP contribution in [-0.4, -0.2) is 16.7 Å². The number of hydrogen-bond acceptors (Lipinski definition) is 4. The van der Waals surface area contributed by atoms with Crippen molar-refractivity contribution in [2.45, 2.75) is 43.6 Å². The number of rotatable bonds is 3. The fraction of sp³-hybridized carbons (Fsp3) is 0.500. The number of hydrogen-bond donors (Lipinski definition) is 1. The van der Waals surface area contributed by atoms with E-state index in [1.165, 1.54) is 18.4 Å². The van der Waals surface area contributed by atoms with Gasteiger partial charge < -0.3 is 9.84 Å². The van der Waals surface area contributed by atoms with Gasteiger partial charge in [-0.05, 0) is 37.8 Å². The lowest BCUT2D eigenvalue weighted by atomic mass is 9.64. The molecule has 2 aromatic rings. The summed E-state index contributed by atoms with van der Waals surface area (Å²) in [4.78, 5) is 4.72. The monoisotopic (exact) mass is 269 g/mol. The zero-order chi connectivity index (χ0) is 13.4. The molecule has 1 aliphatic heterocycles. The highest BCUT2D eigenvalue weighted by molar-refractivity contribution is 5.35. The van der Waals surface area contributed by atoms with Gasteiger partial charge in [-0.2, -0.15) is 4.98 Å². The summed E-state index contributed by atoms with van der Waals surface area (Å²) in [5.41, 5.74) is 1.31. The fourth-order valence-electron chi connectivity index (χ4n) is 3.40. The van der Waals surface area contributed by atoms with Crippen molar-refractivity contribution in [2.75, 3.05) is 6.54 Å². The first kappa shape index (κ1) is 12.1. The summed E-state index contributed by atoms with van der Waals surface area (Å²) in [6.45, 7) is 1.05. The van der Waals surface area contributed by atoms with Crippen LogP contribution in [0.15, 0.2) is 34.9 Å². The van der Waals surface area contributed by atoms with Crippen molar-refractivity contribution in [1.29, 1.82) is 0 Å². The molecule has 2 aliphatic rings. The zero-order valence-electron chi connectivity index (χ0n) is 11.5. The topological polar surface area (TPSA) is 51.0 Å². The lowest BCUT2D eigenvalue weighted by Gasteiger charge is -2.39. The van der Waals surface area contributed by atoms with Gasteiger partial charge in [0.2, 0.25) is 5.89 Å². The van der Waals surface area contributed by atoms with E-state index in [-0.39, 0.29) is 11.5 Å². The SMILES string of the molecule is c1ccc(C2(c3noc(C4CCCN4)n3)CCC2)cc1. The Labute approximate surface area is 118 Å². The number of benzene rings is 1. The van der Waals surface area contributed by atoms with E-state index >= 15 is 0 Å². The number of nitrogens with zero attached hydrogens (tertiary/aromatic N) is 2. The Balaban J connectivity index is 1.68. The molecule has 1 unspecified atom stereocenters. The summed E-state index contributed by atoms with van der Waals surface area (Å²) < 4.78 is 5.53. The Morgan fingerprint density at radius 1 is 1.15 bits per heavy atom. The summed E-state index contributed by atoms with van der Waals surface area (Å²) in [5, 5.41) is 7.72. The van der Waals surface area contributed by atoms with Gasteiger partial charge in [0.15, 0.2) is 5.82 Å². The van der Waals surface area contributed by atoms with Gasteiger partial charge in [-0.1, -0.05) is 41.9 Å². The van der Waals surface area contributed by atoms with E-state index in [9.17, 15) is 0 Å². The first-order valence-electron chi connectivity index (χ1n) is 7.51. The molecule has 1 aromatic heterocycles. The molecule has 0 bridgehead atoms. The highest BCUT2D eigenvalue weighted by Crippen LogP contribution is 2.47. The maximum absolute atomic E-state index is 5.53. The van der Waals surface area contributed by atoms with Crippen molar-refractivity contribution in [3.8, 4) is 0 Å². The Morgan fingerprint density at radius 2 is 2.00 bits per heavy atom. The van der Waals surface area contributed by atoms with Crippen LogP contribution in [0, 0.1) is 0 Å². The van der Waals surface area contributed by atoms with Crippen molar-refractivity contribution in [3.05, 3.63) is 47.6 Å². The minimum Gasteiger partial charge on any atom is -0.338 e. The third kappa shape index (κ3) is 1.79. The number of nitrogens with one attached hydrogen (secondary N) is 1. The first-order valence-corrected chi connectivity index (χ1v) is 7.51. The highest BCUT2D eigenvalue weighted by Gasteiger charge is 2.44. The minimum absolute atomic E-state index is 0.0123. The average Bonchev–Trinajstić information content (AvgIpc) is 3.09. The van der Waals surface area contributed by atoms with Crippen LogP contribution >= 0.6 is 0 Å². The van der Waals surface area contributed by atoms with E-state index in [1.54, 1.807) is 0 Å². The summed E-state index contributed by atoms with van der Waals surface area (Å²) in [6.07, 6.45) is 5.76.